The van der Waals surface area contributed by atoms with E-state index in [0.29, 0.717) is 18.7 Å². The molecule has 1 heterocycles. The van der Waals surface area contributed by atoms with Crippen LogP contribution in [0.25, 0.3) is 0 Å². The number of aliphatic hydroxyl groups is 1. The van der Waals surface area contributed by atoms with Crippen LogP contribution in [0.5, 0.6) is 0 Å². The van der Waals surface area contributed by atoms with Gasteiger partial charge >= 0.3 is 0 Å². The summed E-state index contributed by atoms with van der Waals surface area (Å²) in [5, 5.41) is 21.1. The fourth-order valence-electron chi connectivity index (χ4n) is 2.18. The van der Waals surface area contributed by atoms with E-state index in [-0.39, 0.29) is 11.9 Å². The van der Waals surface area contributed by atoms with Gasteiger partial charge in [-0.3, -0.25) is 4.90 Å². The summed E-state index contributed by atoms with van der Waals surface area (Å²) < 4.78 is 13.2. The summed E-state index contributed by atoms with van der Waals surface area (Å²) >= 11 is 0. The lowest BCUT2D eigenvalue weighted by Crippen LogP contribution is -2.24. The van der Waals surface area contributed by atoms with Crippen molar-refractivity contribution in [3.63, 3.8) is 0 Å². The van der Waals surface area contributed by atoms with Crippen LogP contribution in [-0.4, -0.2) is 40.2 Å². The molecule has 1 aliphatic rings. The maximum absolute atomic E-state index is 13.2. The number of rotatable bonds is 3. The van der Waals surface area contributed by atoms with Gasteiger partial charge in [-0.1, -0.05) is 11.2 Å². The zero-order valence-electron chi connectivity index (χ0n) is 9.88. The third-order valence-electron chi connectivity index (χ3n) is 3.10. The highest BCUT2D eigenvalue weighted by atomic mass is 19.1. The Labute approximate surface area is 104 Å². The number of halogens is 1. The molecule has 0 spiro atoms. The molecule has 0 bridgehead atoms. The number of benzene rings is 1. The molecule has 4 N–H and O–H groups in total. The summed E-state index contributed by atoms with van der Waals surface area (Å²) in [6.07, 6.45) is 0.429. The Kier molecular flexibility index (Phi) is 3.78. The number of nitrogens with two attached hydrogens (primary N) is 1. The highest BCUT2D eigenvalue weighted by Crippen LogP contribution is 2.17. The molecule has 98 valence electrons. The Balaban J connectivity index is 2.21. The Morgan fingerprint density at radius 3 is 2.94 bits per heavy atom. The first-order valence-corrected chi connectivity index (χ1v) is 5.77. The van der Waals surface area contributed by atoms with Crippen LogP contribution in [0, 0.1) is 5.82 Å². The van der Waals surface area contributed by atoms with Crippen molar-refractivity contribution in [3.05, 3.63) is 35.1 Å². The minimum Gasteiger partial charge on any atom is -0.409 e. The van der Waals surface area contributed by atoms with Crippen LogP contribution in [0.15, 0.2) is 23.4 Å². The van der Waals surface area contributed by atoms with Gasteiger partial charge in [-0.25, -0.2) is 4.39 Å². The molecule has 5 nitrogen and oxygen atoms in total. The van der Waals surface area contributed by atoms with Crippen LogP contribution in [0.1, 0.15) is 17.5 Å². The molecule has 0 amide bonds. The maximum Gasteiger partial charge on any atom is 0.170 e. The number of hydrogen-bond donors (Lipinski definition) is 3. The van der Waals surface area contributed by atoms with Crippen LogP contribution in [0.2, 0.25) is 0 Å². The molecule has 1 unspecified atom stereocenters. The number of likely N-dealkylation sites (tertiary alicyclic amines) is 1. The highest BCUT2D eigenvalue weighted by molar-refractivity contribution is 5.98. The third-order valence-corrected chi connectivity index (χ3v) is 3.10. The van der Waals surface area contributed by atoms with E-state index in [2.05, 4.69) is 5.16 Å². The van der Waals surface area contributed by atoms with Gasteiger partial charge in [0.25, 0.3) is 0 Å². The van der Waals surface area contributed by atoms with Gasteiger partial charge in [0.1, 0.15) is 5.82 Å². The van der Waals surface area contributed by atoms with Crippen molar-refractivity contribution in [2.24, 2.45) is 10.9 Å². The topological polar surface area (TPSA) is 82.1 Å². The van der Waals surface area contributed by atoms with Gasteiger partial charge in [-0.15, -0.1) is 0 Å². The summed E-state index contributed by atoms with van der Waals surface area (Å²) in [4.78, 5) is 2.05. The number of β-amino-alcohol motifs (C(OH)–C–C–N with tert-alkyl or cyclic N) is 1. The van der Waals surface area contributed by atoms with E-state index in [1.165, 1.54) is 12.1 Å². The fraction of sp³-hybridized carbons (Fsp3) is 0.417. The second-order valence-electron chi connectivity index (χ2n) is 4.46. The van der Waals surface area contributed by atoms with E-state index in [1.54, 1.807) is 6.07 Å². The van der Waals surface area contributed by atoms with Crippen molar-refractivity contribution in [1.82, 2.24) is 4.90 Å². The van der Waals surface area contributed by atoms with Gasteiger partial charge in [0.2, 0.25) is 0 Å². The molecule has 1 aromatic carbocycles. The third kappa shape index (κ3) is 2.77. The molecule has 1 saturated heterocycles. The second-order valence-corrected chi connectivity index (χ2v) is 4.46. The Hall–Kier alpha value is -1.66. The fourth-order valence-corrected chi connectivity index (χ4v) is 2.18. The van der Waals surface area contributed by atoms with Crippen molar-refractivity contribution < 1.29 is 14.7 Å². The van der Waals surface area contributed by atoms with Crippen LogP contribution < -0.4 is 5.73 Å². The van der Waals surface area contributed by atoms with Crippen LogP contribution in [-0.2, 0) is 6.54 Å². The Bertz CT molecular complexity index is 465. The lowest BCUT2D eigenvalue weighted by molar-refractivity contribution is 0.174. The number of aliphatic hydroxyl groups excluding tert-OH is 1. The predicted molar refractivity (Wildman–Crippen MR) is 64.8 cm³/mol. The lowest BCUT2D eigenvalue weighted by atomic mass is 10.1. The largest absolute Gasteiger partial charge is 0.409 e. The minimum atomic E-state index is -0.429. The standard InChI is InChI=1S/C12H16FN3O2/c13-9-2-1-8(11(5-9)12(14)15-18)6-16-4-3-10(17)7-16/h1-2,5,10,17-18H,3-4,6-7H2,(H2,14,15). The van der Waals surface area contributed by atoms with Crippen molar-refractivity contribution in [3.8, 4) is 0 Å². The van der Waals surface area contributed by atoms with Gasteiger partial charge < -0.3 is 16.0 Å². The second kappa shape index (κ2) is 5.32. The van der Waals surface area contributed by atoms with Crippen molar-refractivity contribution in [1.29, 1.82) is 0 Å². The molecule has 1 aromatic rings. The van der Waals surface area contributed by atoms with Crippen molar-refractivity contribution in [2.45, 2.75) is 19.1 Å². The predicted octanol–water partition coefficient (Wildman–Crippen LogP) is 0.487. The van der Waals surface area contributed by atoms with E-state index in [1.807, 2.05) is 4.90 Å². The van der Waals surface area contributed by atoms with Crippen molar-refractivity contribution in [2.75, 3.05) is 13.1 Å². The van der Waals surface area contributed by atoms with Crippen molar-refractivity contribution >= 4 is 5.84 Å². The van der Waals surface area contributed by atoms with Gasteiger partial charge in [0, 0.05) is 25.2 Å². The summed E-state index contributed by atoms with van der Waals surface area (Å²) in [7, 11) is 0. The molecule has 1 fully saturated rings. The number of nitrogens with zero attached hydrogens (tertiary/aromatic N) is 2. The normalized spacial score (nSPS) is 21.4. The zero-order chi connectivity index (χ0) is 13.1. The van der Waals surface area contributed by atoms with Gasteiger partial charge in [0.05, 0.1) is 6.10 Å². The molecule has 1 atom stereocenters. The van der Waals surface area contributed by atoms with Crippen LogP contribution in [0.4, 0.5) is 4.39 Å². The summed E-state index contributed by atoms with van der Waals surface area (Å²) in [6, 6.07) is 4.21. The lowest BCUT2D eigenvalue weighted by Gasteiger charge is -2.17. The SMILES string of the molecule is NC(=NO)c1cc(F)ccc1CN1CCC(O)C1. The zero-order valence-corrected chi connectivity index (χ0v) is 9.88. The van der Waals surface area contributed by atoms with E-state index >= 15 is 0 Å². The van der Waals surface area contributed by atoms with Crippen LogP contribution >= 0.6 is 0 Å². The first-order valence-electron chi connectivity index (χ1n) is 5.77. The maximum atomic E-state index is 13.2. The molecule has 6 heteroatoms. The molecule has 0 aromatic heterocycles. The van der Waals surface area contributed by atoms with E-state index in [9.17, 15) is 9.50 Å². The number of hydrogen-bond acceptors (Lipinski definition) is 4. The first kappa shape index (κ1) is 12.8. The molecule has 0 radical (unpaired) electrons. The summed E-state index contributed by atoms with van der Waals surface area (Å²) in [5.74, 6) is -0.536. The molecule has 0 aliphatic carbocycles. The highest BCUT2D eigenvalue weighted by Gasteiger charge is 2.21. The van der Waals surface area contributed by atoms with Crippen LogP contribution in [0.3, 0.4) is 0 Å². The summed E-state index contributed by atoms with van der Waals surface area (Å²) in [6.45, 7) is 1.92. The average Bonchev–Trinajstić information content (AvgIpc) is 2.76. The first-order chi connectivity index (χ1) is 8.60. The Morgan fingerprint density at radius 1 is 1.56 bits per heavy atom. The quantitative estimate of drug-likeness (QED) is 0.317. The molecule has 0 saturated carbocycles. The van der Waals surface area contributed by atoms with Gasteiger partial charge in [-0.05, 0) is 24.1 Å². The molecular formula is C12H16FN3O2. The molecular weight excluding hydrogens is 237 g/mol. The molecule has 1 aliphatic heterocycles. The smallest absolute Gasteiger partial charge is 0.170 e. The monoisotopic (exact) mass is 253 g/mol. The van der Waals surface area contributed by atoms with E-state index < -0.39 is 5.82 Å². The van der Waals surface area contributed by atoms with Gasteiger partial charge in [-0.2, -0.15) is 0 Å². The summed E-state index contributed by atoms with van der Waals surface area (Å²) in [5.41, 5.74) is 6.70. The number of amidine groups is 1. The minimum absolute atomic E-state index is 0.107. The Morgan fingerprint density at radius 2 is 2.33 bits per heavy atom. The molecule has 18 heavy (non-hydrogen) atoms. The van der Waals surface area contributed by atoms with E-state index in [4.69, 9.17) is 10.9 Å². The van der Waals surface area contributed by atoms with Gasteiger partial charge in [0.15, 0.2) is 5.84 Å². The van der Waals surface area contributed by atoms with E-state index in [0.717, 1.165) is 18.5 Å². The average molecular weight is 253 g/mol. The molecule has 2 rings (SSSR count). The number of oxime groups is 1.